The van der Waals surface area contributed by atoms with Crippen molar-refractivity contribution in [1.29, 1.82) is 0 Å². The molecule has 0 saturated heterocycles. The predicted octanol–water partition coefficient (Wildman–Crippen LogP) is 6.07. The molecular formula is C40H44N4O8. The number of nitrogens with zero attached hydrogens (tertiary/aromatic N) is 1. The molecule has 12 nitrogen and oxygen atoms in total. The van der Waals surface area contributed by atoms with Gasteiger partial charge in [-0.3, -0.25) is 5.43 Å². The van der Waals surface area contributed by atoms with Gasteiger partial charge in [-0.25, -0.2) is 9.59 Å². The zero-order valence-electron chi connectivity index (χ0n) is 29.7. The highest BCUT2D eigenvalue weighted by molar-refractivity contribution is 5.95. The van der Waals surface area contributed by atoms with Crippen LogP contribution in [0.15, 0.2) is 102 Å². The van der Waals surface area contributed by atoms with E-state index in [1.807, 2.05) is 44.2 Å². The van der Waals surface area contributed by atoms with Crippen molar-refractivity contribution in [2.75, 3.05) is 26.9 Å². The minimum atomic E-state index is -1.17. The Morgan fingerprint density at radius 2 is 1.73 bits per heavy atom. The van der Waals surface area contributed by atoms with Crippen LogP contribution in [0.2, 0.25) is 0 Å². The van der Waals surface area contributed by atoms with Crippen LogP contribution in [0.3, 0.4) is 0 Å². The number of methoxy groups -OCH3 is 1. The number of urea groups is 1. The summed E-state index contributed by atoms with van der Waals surface area (Å²) in [5.41, 5.74) is 6.60. The van der Waals surface area contributed by atoms with Gasteiger partial charge in [-0.15, -0.1) is 6.58 Å². The highest BCUT2D eigenvalue weighted by Gasteiger charge is 2.32. The highest BCUT2D eigenvalue weighted by atomic mass is 16.5. The van der Waals surface area contributed by atoms with E-state index in [9.17, 15) is 14.7 Å². The molecule has 0 bridgehead atoms. The molecule has 0 aliphatic carbocycles. The normalized spacial score (nSPS) is 14.7. The first-order chi connectivity index (χ1) is 25.3. The molecule has 52 heavy (non-hydrogen) atoms. The number of nitrogens with one attached hydrogen (secondary N) is 3. The fourth-order valence-electron chi connectivity index (χ4n) is 5.88. The van der Waals surface area contributed by atoms with Crippen molar-refractivity contribution in [1.82, 2.24) is 16.1 Å². The summed E-state index contributed by atoms with van der Waals surface area (Å²) in [6.07, 6.45) is 2.75. The number of hydrazone groups is 1. The number of carbonyl (C=O) groups excluding carboxylic acids is 2. The van der Waals surface area contributed by atoms with Crippen molar-refractivity contribution >= 4 is 29.0 Å². The van der Waals surface area contributed by atoms with Gasteiger partial charge in [0, 0.05) is 11.3 Å². The fourth-order valence-corrected chi connectivity index (χ4v) is 5.88. The lowest BCUT2D eigenvalue weighted by Gasteiger charge is -2.28. The van der Waals surface area contributed by atoms with E-state index in [0.29, 0.717) is 60.5 Å². The van der Waals surface area contributed by atoms with Crippen LogP contribution in [-0.4, -0.2) is 56.5 Å². The van der Waals surface area contributed by atoms with E-state index in [-0.39, 0.29) is 12.2 Å². The van der Waals surface area contributed by atoms with Gasteiger partial charge in [-0.05, 0) is 78.9 Å². The van der Waals surface area contributed by atoms with Crippen LogP contribution in [0, 0.1) is 0 Å². The Hall–Kier alpha value is -6.01. The van der Waals surface area contributed by atoms with E-state index in [1.54, 1.807) is 37.4 Å². The number of ether oxygens (including phenoxy) is 5. The van der Waals surface area contributed by atoms with E-state index in [1.165, 1.54) is 7.11 Å². The monoisotopic (exact) mass is 708 g/mol. The average molecular weight is 709 g/mol. The molecule has 0 unspecified atom stereocenters. The molecule has 0 radical (unpaired) electrons. The fraction of sp³-hybridized carbons (Fsp3) is 0.275. The molecule has 4 N–H and O–H groups in total. The van der Waals surface area contributed by atoms with Gasteiger partial charge in [0.1, 0.15) is 13.2 Å². The summed E-state index contributed by atoms with van der Waals surface area (Å²) in [5.74, 6) is 1.36. The minimum absolute atomic E-state index is 0.167. The number of rotatable bonds is 17. The van der Waals surface area contributed by atoms with Crippen LogP contribution < -0.4 is 35.0 Å². The SMILES string of the molecule is C=CCc1cc(/C=N\N[C@@H](O)COc2ccc([C@H]3NC(=O)NC(C)=C3C(=O)OC)cc2OCC)cc(OCC)c1OCc1cccc2ccccc12. The summed E-state index contributed by atoms with van der Waals surface area (Å²) in [5, 5.41) is 22.5. The topological polar surface area (TPSA) is 149 Å². The van der Waals surface area contributed by atoms with E-state index >= 15 is 0 Å². The Balaban J connectivity index is 1.26. The third kappa shape index (κ3) is 9.01. The maximum atomic E-state index is 12.5. The largest absolute Gasteiger partial charge is 0.490 e. The number of amides is 2. The molecule has 0 fully saturated rings. The van der Waals surface area contributed by atoms with E-state index in [2.05, 4.69) is 52.0 Å². The van der Waals surface area contributed by atoms with Gasteiger partial charge >= 0.3 is 12.0 Å². The lowest BCUT2D eigenvalue weighted by atomic mass is 9.95. The third-order valence-electron chi connectivity index (χ3n) is 8.18. The second kappa shape index (κ2) is 17.8. The maximum absolute atomic E-state index is 12.5. The van der Waals surface area contributed by atoms with Gasteiger partial charge in [0.05, 0.1) is 38.2 Å². The summed E-state index contributed by atoms with van der Waals surface area (Å²) in [4.78, 5) is 24.8. The molecule has 12 heteroatoms. The number of allylic oxidation sites excluding steroid dienone is 2. The van der Waals surface area contributed by atoms with Crippen LogP contribution in [0.25, 0.3) is 10.8 Å². The Morgan fingerprint density at radius 1 is 0.962 bits per heavy atom. The van der Waals surface area contributed by atoms with Crippen molar-refractivity contribution in [3.05, 3.63) is 119 Å². The highest BCUT2D eigenvalue weighted by Crippen LogP contribution is 2.36. The smallest absolute Gasteiger partial charge is 0.337 e. The predicted molar refractivity (Wildman–Crippen MR) is 199 cm³/mol. The first-order valence-electron chi connectivity index (χ1n) is 17.0. The van der Waals surface area contributed by atoms with E-state index in [4.69, 9.17) is 23.7 Å². The molecule has 1 heterocycles. The number of carbonyl (C=O) groups is 2. The Morgan fingerprint density at radius 3 is 2.50 bits per heavy atom. The van der Waals surface area contributed by atoms with Crippen LogP contribution in [0.1, 0.15) is 49.1 Å². The molecule has 1 aliphatic heterocycles. The second-order valence-corrected chi connectivity index (χ2v) is 11.8. The van der Waals surface area contributed by atoms with Crippen LogP contribution in [0.4, 0.5) is 4.79 Å². The van der Waals surface area contributed by atoms with Gasteiger partial charge < -0.3 is 39.4 Å². The molecular weight excluding hydrogens is 664 g/mol. The van der Waals surface area contributed by atoms with E-state index < -0.39 is 24.3 Å². The molecule has 2 amide bonds. The Bertz CT molecular complexity index is 1970. The standard InChI is InChI=1S/C40H44N4O8/c1-6-12-29-19-26(20-34(50-8-3)38(29)52-23-30-15-11-14-27-13-9-10-16-31(27)30)22-41-44-35(45)24-51-32-18-17-28(21-33(32)49-7-2)37-36(39(46)48-5)25(4)42-40(47)43-37/h6,9-11,13-22,35,37,44-45H,1,7-8,12,23-24H2,2-5H3,(H2,42,43,47)/b41-22-/t35-,37+/m0/s1. The van der Waals surface area contributed by atoms with Gasteiger partial charge in [0.2, 0.25) is 0 Å². The van der Waals surface area contributed by atoms with Crippen LogP contribution in [-0.2, 0) is 22.6 Å². The van der Waals surface area contributed by atoms with Crippen molar-refractivity contribution < 1.29 is 38.4 Å². The van der Waals surface area contributed by atoms with Crippen molar-refractivity contribution in [2.45, 2.75) is 46.1 Å². The number of esters is 1. The molecule has 4 aromatic carbocycles. The lowest BCUT2D eigenvalue weighted by molar-refractivity contribution is -0.136. The van der Waals surface area contributed by atoms with Gasteiger partial charge in [-0.2, -0.15) is 5.10 Å². The van der Waals surface area contributed by atoms with Gasteiger partial charge in [0.25, 0.3) is 0 Å². The first-order valence-corrected chi connectivity index (χ1v) is 17.0. The summed E-state index contributed by atoms with van der Waals surface area (Å²) in [6.45, 7) is 10.2. The second-order valence-electron chi connectivity index (χ2n) is 11.8. The van der Waals surface area contributed by atoms with Crippen molar-refractivity contribution in [2.24, 2.45) is 5.10 Å². The average Bonchev–Trinajstić information content (AvgIpc) is 3.13. The third-order valence-corrected chi connectivity index (χ3v) is 8.18. The lowest BCUT2D eigenvalue weighted by Crippen LogP contribution is -2.45. The molecule has 1 aliphatic rings. The Labute approximate surface area is 303 Å². The molecule has 2 atom stereocenters. The molecule has 0 saturated carbocycles. The quantitative estimate of drug-likeness (QED) is 0.0337. The van der Waals surface area contributed by atoms with E-state index in [0.717, 1.165) is 27.5 Å². The van der Waals surface area contributed by atoms with Crippen LogP contribution >= 0.6 is 0 Å². The number of fused-ring (bicyclic) bond motifs is 1. The summed E-state index contributed by atoms with van der Waals surface area (Å²) < 4.78 is 29.0. The minimum Gasteiger partial charge on any atom is -0.490 e. The number of hydrogen-bond donors (Lipinski definition) is 4. The summed E-state index contributed by atoms with van der Waals surface area (Å²) >= 11 is 0. The summed E-state index contributed by atoms with van der Waals surface area (Å²) in [6, 6.07) is 21.9. The van der Waals surface area contributed by atoms with Crippen molar-refractivity contribution in [3.63, 3.8) is 0 Å². The zero-order chi connectivity index (χ0) is 37.0. The molecule has 0 spiro atoms. The van der Waals surface area contributed by atoms with Crippen molar-refractivity contribution in [3.8, 4) is 23.0 Å². The molecule has 272 valence electrons. The number of aliphatic hydroxyl groups excluding tert-OH is 1. The van der Waals surface area contributed by atoms with Gasteiger partial charge in [0.15, 0.2) is 29.2 Å². The number of aliphatic hydroxyl groups is 1. The van der Waals surface area contributed by atoms with Crippen LogP contribution in [0.5, 0.6) is 23.0 Å². The summed E-state index contributed by atoms with van der Waals surface area (Å²) in [7, 11) is 1.28. The number of hydrogen-bond acceptors (Lipinski definition) is 10. The first kappa shape index (κ1) is 37.3. The maximum Gasteiger partial charge on any atom is 0.337 e. The zero-order valence-corrected chi connectivity index (χ0v) is 29.7. The van der Waals surface area contributed by atoms with Gasteiger partial charge in [-0.1, -0.05) is 54.6 Å². The Kier molecular flexibility index (Phi) is 12.7. The molecule has 4 aromatic rings. The molecule has 5 rings (SSSR count). The molecule has 0 aromatic heterocycles. The number of benzene rings is 4.